The highest BCUT2D eigenvalue weighted by Gasteiger charge is 2.30. The summed E-state index contributed by atoms with van der Waals surface area (Å²) in [5.41, 5.74) is 13.6. The van der Waals surface area contributed by atoms with Crippen LogP contribution in [-0.4, -0.2) is 271 Å². The van der Waals surface area contributed by atoms with E-state index < -0.39 is 54.5 Å². The second-order valence-corrected chi connectivity index (χ2v) is 30.0. The minimum Gasteiger partial charge on any atom is -0.480 e. The number of aliphatic carboxylic acids is 2. The molecule has 4 aliphatic rings. The number of aliphatic hydroxyl groups is 2. The second kappa shape index (κ2) is 58.7. The van der Waals surface area contributed by atoms with Gasteiger partial charge in [0.25, 0.3) is 11.8 Å². The van der Waals surface area contributed by atoms with E-state index in [2.05, 4.69) is 125 Å². The van der Waals surface area contributed by atoms with Gasteiger partial charge in [0, 0.05) is 92.9 Å². The SMILES string of the molecule is CCCc1ccc(-c2ccc(C(=O)N[C@@H](Cn3cccn3)C(=O)CO)cc2)cc1.CCCc1ccc(-c2ccc(C(=O)N[C@@H](Cn3cccn3)C(=O)COC3CCCCO3)cc2)cc1.CN[C@@H](CO)C(=O)O.CN[C@@H](Cn1cccn1)C(=O)COC1CCCCO1.CN[C@@H](Cn1cccn1)C(=O)O.CN[C@H]1COC1=O.N[C@@H](Cn1cccn1)C(=O)COC1CCCCO1. The van der Waals surface area contributed by atoms with Gasteiger partial charge in [-0.15, -0.1) is 0 Å². The first-order valence-electron chi connectivity index (χ1n) is 43.0. The van der Waals surface area contributed by atoms with Crippen molar-refractivity contribution in [2.75, 3.05) is 87.7 Å². The first-order valence-corrected chi connectivity index (χ1v) is 43.0. The minimum atomic E-state index is -1.03. The Bertz CT molecular complexity index is 4600. The van der Waals surface area contributed by atoms with Crippen molar-refractivity contribution in [3.8, 4) is 22.3 Å². The average molecular weight is 1780 g/mol. The van der Waals surface area contributed by atoms with Gasteiger partial charge in [-0.1, -0.05) is 99.5 Å². The van der Waals surface area contributed by atoms with Gasteiger partial charge in [-0.25, -0.2) is 0 Å². The van der Waals surface area contributed by atoms with Crippen molar-refractivity contribution in [2.24, 2.45) is 5.73 Å². The number of nitrogens with one attached hydrogen (secondary N) is 6. The number of benzene rings is 4. The van der Waals surface area contributed by atoms with Crippen LogP contribution in [0.4, 0.5) is 0 Å². The fraction of sp³-hybridized carbons (Fsp3) is 0.473. The van der Waals surface area contributed by atoms with Crippen molar-refractivity contribution in [1.82, 2.24) is 80.8 Å². The van der Waals surface area contributed by atoms with Gasteiger partial charge in [-0.2, -0.15) is 25.5 Å². The lowest BCUT2D eigenvalue weighted by atomic mass is 10.0. The third-order valence-corrected chi connectivity index (χ3v) is 20.4. The van der Waals surface area contributed by atoms with Gasteiger partial charge in [-0.05, 0) is 187 Å². The fourth-order valence-corrected chi connectivity index (χ4v) is 12.8. The molecule has 4 fully saturated rings. The molecule has 0 saturated carbocycles. The van der Waals surface area contributed by atoms with Gasteiger partial charge in [-0.3, -0.25) is 66.6 Å². The first-order chi connectivity index (χ1) is 62.1. The number of ketones is 4. The number of carbonyl (C=O) groups excluding carboxylic acids is 7. The van der Waals surface area contributed by atoms with E-state index in [1.807, 2.05) is 36.5 Å². The van der Waals surface area contributed by atoms with E-state index in [9.17, 15) is 48.3 Å². The number of amides is 2. The zero-order valence-electron chi connectivity index (χ0n) is 73.6. The van der Waals surface area contributed by atoms with E-state index in [1.165, 1.54) is 18.2 Å². The normalized spacial score (nSPS) is 17.0. The molecule has 9 heterocycles. The average Bonchev–Trinajstić information content (AvgIpc) is 0.944. The number of aromatic nitrogens is 10. The number of cyclic esters (lactones) is 1. The summed E-state index contributed by atoms with van der Waals surface area (Å²) in [6.45, 7) is 7.53. The number of likely N-dealkylation sites (N-methyl/N-ethyl adjacent to an activating group) is 4. The number of rotatable bonds is 41. The molecule has 10 atom stereocenters. The molecule has 694 valence electrons. The van der Waals surface area contributed by atoms with Crippen molar-refractivity contribution in [3.05, 3.63) is 212 Å². The number of aryl methyl sites for hydroxylation is 2. The van der Waals surface area contributed by atoms with E-state index in [1.54, 1.807) is 149 Å². The Kier molecular flexibility index (Phi) is 47.5. The third kappa shape index (κ3) is 37.8. The number of hydrogen-bond donors (Lipinski definition) is 11. The molecule has 3 unspecified atom stereocenters. The lowest BCUT2D eigenvalue weighted by Gasteiger charge is -2.24. The van der Waals surface area contributed by atoms with Crippen LogP contribution in [0.15, 0.2) is 189 Å². The minimum absolute atomic E-state index is 0.00705. The molecule has 4 aromatic carbocycles. The Morgan fingerprint density at radius 3 is 1.03 bits per heavy atom. The van der Waals surface area contributed by atoms with Crippen LogP contribution >= 0.6 is 0 Å². The molecule has 37 nitrogen and oxygen atoms in total. The fourth-order valence-electron chi connectivity index (χ4n) is 12.8. The molecule has 12 N–H and O–H groups in total. The molecule has 37 heteroatoms. The highest BCUT2D eigenvalue weighted by Crippen LogP contribution is 2.24. The summed E-state index contributed by atoms with van der Waals surface area (Å²) in [5.74, 6) is -3.50. The Balaban J connectivity index is 0.000000217. The van der Waals surface area contributed by atoms with Crippen molar-refractivity contribution in [2.45, 2.75) is 191 Å². The summed E-state index contributed by atoms with van der Waals surface area (Å²) < 4.78 is 45.5. The molecule has 0 radical (unpaired) electrons. The maximum Gasteiger partial charge on any atom is 0.326 e. The largest absolute Gasteiger partial charge is 0.480 e. The van der Waals surface area contributed by atoms with Crippen molar-refractivity contribution < 1.29 is 96.7 Å². The quantitative estimate of drug-likeness (QED) is 0.0210. The van der Waals surface area contributed by atoms with E-state index in [0.717, 1.165) is 112 Å². The Morgan fingerprint density at radius 2 is 0.766 bits per heavy atom. The summed E-state index contributed by atoms with van der Waals surface area (Å²) in [6.07, 6.45) is 29.4. The number of Topliss-reactive ketones (excluding diaryl/α,β-unsaturated/α-hetero) is 4. The number of ether oxygens (including phenoxy) is 7. The van der Waals surface area contributed by atoms with E-state index in [4.69, 9.17) is 49.5 Å². The Hall–Kier alpha value is -11.6. The molecule has 0 spiro atoms. The number of carbonyl (C=O) groups is 9. The summed E-state index contributed by atoms with van der Waals surface area (Å²) in [4.78, 5) is 105. The number of aliphatic hydroxyl groups excluding tert-OH is 2. The topological polar surface area (TPSA) is 486 Å². The van der Waals surface area contributed by atoms with Crippen LogP contribution in [0.1, 0.15) is 116 Å². The molecule has 9 aromatic rings. The summed E-state index contributed by atoms with van der Waals surface area (Å²) in [5, 5.41) is 70.9. The highest BCUT2D eigenvalue weighted by molar-refractivity contribution is 5.99. The lowest BCUT2D eigenvalue weighted by Crippen LogP contribution is -2.49. The predicted octanol–water partition coefficient (Wildman–Crippen LogP) is 5.52. The van der Waals surface area contributed by atoms with Crippen LogP contribution < -0.4 is 37.6 Å². The molecule has 4 saturated heterocycles. The van der Waals surface area contributed by atoms with Crippen LogP contribution in [0.5, 0.6) is 0 Å². The summed E-state index contributed by atoms with van der Waals surface area (Å²) in [6, 6.07) is 36.6. The second-order valence-electron chi connectivity index (χ2n) is 30.0. The third-order valence-electron chi connectivity index (χ3n) is 20.4. The Labute approximate surface area is 745 Å². The standard InChI is InChI=1S/C28H33N3O4.C23H25N3O3.C13H21N3O3.C12H19N3O3.C7H11N3O2.C4H9NO3.C4H7NO2/c1-2-6-21-8-10-22(11-9-21)23-12-14-24(15-13-23)28(33)30-25(19-31-17-5-16-29-31)26(32)20-35-27-7-3-4-18-34-27;1-2-4-17-5-7-18(8-6-17)19-9-11-20(12-10-19)23(29)25-21(22(28)16-27)15-26-14-3-13-24-26;1-14-11(9-16-7-4-6-15-16)12(17)10-19-13-5-2-3-8-18-13;13-10(8-15-6-3-5-14-15)11(16)9-18-12-4-1-2-7-17-12;1-8-6(7(11)12)5-10-4-2-3-9-10;1-5-3(2-6)4(7)8;1-5-3-2-7-4(3)6/h5,8-17,25,27H,2-4,6-7,18-20H2,1H3,(H,30,33);3,5-14,21,27H,2,4,15-16H2,1H3,(H,25,29);4,6-7,11,13-14H,2-3,5,8-10H2,1H3;3,5-6,10,12H,1-2,4,7-9,13H2;2-4,6,8H,5H2,1H3,(H,11,12);3,5-6H,2H2,1H3,(H,7,8);3,5H,2H2,1H3/t25-,27?;21-;11-,13?;10-,12?;6-;2*3-/m0000000/s1. The molecular formula is C91H125N17O20. The number of carboxylic acid groups (broad SMARTS) is 2. The van der Waals surface area contributed by atoms with Gasteiger partial charge in [0.05, 0.1) is 51.4 Å². The monoisotopic (exact) mass is 1780 g/mol. The van der Waals surface area contributed by atoms with Crippen molar-refractivity contribution in [1.29, 1.82) is 0 Å². The van der Waals surface area contributed by atoms with E-state index in [0.29, 0.717) is 50.6 Å². The predicted molar refractivity (Wildman–Crippen MR) is 474 cm³/mol. The molecule has 0 bridgehead atoms. The maximum absolute atomic E-state index is 13.0. The zero-order chi connectivity index (χ0) is 92.2. The van der Waals surface area contributed by atoms with Gasteiger partial charge >= 0.3 is 17.9 Å². The Morgan fingerprint density at radius 1 is 0.438 bits per heavy atom. The number of esters is 1. The van der Waals surface area contributed by atoms with Gasteiger partial charge < -0.3 is 91.2 Å². The number of nitrogens with two attached hydrogens (primary N) is 1. The molecule has 13 rings (SSSR count). The van der Waals surface area contributed by atoms with Crippen LogP contribution in [0.2, 0.25) is 0 Å². The lowest BCUT2D eigenvalue weighted by molar-refractivity contribution is -0.170. The molecule has 2 amide bonds. The molecule has 0 aliphatic carbocycles. The number of hydrogen-bond acceptors (Lipinski definition) is 28. The summed E-state index contributed by atoms with van der Waals surface area (Å²) in [7, 11) is 6.60. The maximum atomic E-state index is 13.0. The molecule has 5 aromatic heterocycles. The van der Waals surface area contributed by atoms with E-state index >= 15 is 0 Å². The smallest absolute Gasteiger partial charge is 0.326 e. The number of nitrogens with zero attached hydrogens (tertiary/aromatic N) is 10. The van der Waals surface area contributed by atoms with Crippen LogP contribution in [0.25, 0.3) is 22.3 Å². The highest BCUT2D eigenvalue weighted by atomic mass is 16.7. The van der Waals surface area contributed by atoms with Crippen molar-refractivity contribution in [3.63, 3.8) is 0 Å². The van der Waals surface area contributed by atoms with Crippen LogP contribution in [0, 0.1) is 0 Å². The molecular weight excluding hydrogens is 1650 g/mol. The molecule has 128 heavy (non-hydrogen) atoms. The van der Waals surface area contributed by atoms with Crippen molar-refractivity contribution >= 4 is 52.9 Å². The number of carboxylic acids is 2. The van der Waals surface area contributed by atoms with E-state index in [-0.39, 0.29) is 106 Å². The van der Waals surface area contributed by atoms with Gasteiger partial charge in [0.15, 0.2) is 42.0 Å². The van der Waals surface area contributed by atoms with Gasteiger partial charge in [0.2, 0.25) is 0 Å². The van der Waals surface area contributed by atoms with Crippen LogP contribution in [0.3, 0.4) is 0 Å². The first kappa shape index (κ1) is 104. The van der Waals surface area contributed by atoms with Gasteiger partial charge in [0.1, 0.15) is 63.2 Å². The van der Waals surface area contributed by atoms with Crippen LogP contribution in [-0.2, 0) is 112 Å². The molecule has 4 aliphatic heterocycles. The summed E-state index contributed by atoms with van der Waals surface area (Å²) >= 11 is 0. The zero-order valence-corrected chi connectivity index (χ0v) is 73.6.